The number of fused-ring (bicyclic) bond motifs is 1. The lowest BCUT2D eigenvalue weighted by Crippen LogP contribution is -2.53. The first-order valence-electron chi connectivity index (χ1n) is 8.00. The number of nitrogens with two attached hydrogens (primary N) is 1. The second-order valence-electron chi connectivity index (χ2n) is 6.47. The molecule has 22 heavy (non-hydrogen) atoms. The van der Waals surface area contributed by atoms with Crippen LogP contribution in [0.4, 0.5) is 0 Å². The van der Waals surface area contributed by atoms with Crippen molar-refractivity contribution in [3.05, 3.63) is 35.4 Å². The number of hydrogen-bond donors (Lipinski definition) is 3. The van der Waals surface area contributed by atoms with Gasteiger partial charge in [0.05, 0.1) is 24.1 Å². The van der Waals surface area contributed by atoms with E-state index in [2.05, 4.69) is 22.8 Å². The van der Waals surface area contributed by atoms with Gasteiger partial charge < -0.3 is 21.1 Å². The molecule has 1 saturated heterocycles. The maximum atomic E-state index is 12.9. The summed E-state index contributed by atoms with van der Waals surface area (Å²) >= 11 is 0. The Hall–Kier alpha value is -1.43. The van der Waals surface area contributed by atoms with E-state index in [1.165, 1.54) is 5.56 Å². The maximum absolute atomic E-state index is 12.9. The average molecular weight is 303 g/mol. The van der Waals surface area contributed by atoms with Gasteiger partial charge >= 0.3 is 0 Å². The van der Waals surface area contributed by atoms with E-state index in [0.29, 0.717) is 6.61 Å². The van der Waals surface area contributed by atoms with Gasteiger partial charge in [-0.25, -0.2) is 0 Å². The molecule has 1 heterocycles. The number of ether oxygens (including phenoxy) is 1. The number of carbonyl (C=O) groups excluding carboxylic acids is 1. The monoisotopic (exact) mass is 303 g/mol. The highest BCUT2D eigenvalue weighted by Crippen LogP contribution is 2.33. The predicted octanol–water partition coefficient (Wildman–Crippen LogP) is 0.744. The van der Waals surface area contributed by atoms with Gasteiger partial charge in [-0.3, -0.25) is 4.79 Å². The number of amides is 1. The fourth-order valence-electron chi connectivity index (χ4n) is 3.71. The van der Waals surface area contributed by atoms with E-state index >= 15 is 0 Å². The Morgan fingerprint density at radius 2 is 2.14 bits per heavy atom. The molecule has 1 aliphatic heterocycles. The molecular formula is C17H25N3O2. The van der Waals surface area contributed by atoms with Crippen molar-refractivity contribution in [1.29, 1.82) is 0 Å². The summed E-state index contributed by atoms with van der Waals surface area (Å²) in [6.07, 6.45) is 2.42. The third-order valence-corrected chi connectivity index (χ3v) is 5.07. The summed E-state index contributed by atoms with van der Waals surface area (Å²) < 4.78 is 5.34. The Bertz CT molecular complexity index is 535. The van der Waals surface area contributed by atoms with Crippen molar-refractivity contribution in [3.63, 3.8) is 0 Å². The smallest absolute Gasteiger partial charge is 0.228 e. The van der Waals surface area contributed by atoms with Crippen molar-refractivity contribution < 1.29 is 9.53 Å². The number of methoxy groups -OCH3 is 1. The van der Waals surface area contributed by atoms with Crippen LogP contribution < -0.4 is 16.4 Å². The lowest BCUT2D eigenvalue weighted by atomic mass is 9.78. The molecule has 120 valence electrons. The van der Waals surface area contributed by atoms with Crippen molar-refractivity contribution in [2.45, 2.75) is 31.3 Å². The van der Waals surface area contributed by atoms with E-state index in [1.807, 2.05) is 12.1 Å². The van der Waals surface area contributed by atoms with Crippen molar-refractivity contribution in [2.75, 3.05) is 26.8 Å². The number of carbonyl (C=O) groups is 1. The SMILES string of the molecule is COCC1(C(=O)N[C@@H]2Cc3ccccc3[C@H]2N)CCNCC1. The second-order valence-corrected chi connectivity index (χ2v) is 6.47. The van der Waals surface area contributed by atoms with Crippen LogP contribution in [0.5, 0.6) is 0 Å². The molecule has 5 heteroatoms. The quantitative estimate of drug-likeness (QED) is 0.767. The number of hydrogen-bond acceptors (Lipinski definition) is 4. The van der Waals surface area contributed by atoms with Gasteiger partial charge in [0.2, 0.25) is 5.91 Å². The number of benzene rings is 1. The molecule has 0 bridgehead atoms. The van der Waals surface area contributed by atoms with Gasteiger partial charge in [-0.1, -0.05) is 24.3 Å². The van der Waals surface area contributed by atoms with Crippen LogP contribution in [0.2, 0.25) is 0 Å². The summed E-state index contributed by atoms with van der Waals surface area (Å²) in [7, 11) is 1.66. The third kappa shape index (κ3) is 2.76. The van der Waals surface area contributed by atoms with E-state index in [4.69, 9.17) is 10.5 Å². The fourth-order valence-corrected chi connectivity index (χ4v) is 3.71. The van der Waals surface area contributed by atoms with Gasteiger partial charge in [-0.2, -0.15) is 0 Å². The summed E-state index contributed by atoms with van der Waals surface area (Å²) in [6, 6.07) is 8.03. The minimum Gasteiger partial charge on any atom is -0.384 e. The van der Waals surface area contributed by atoms with Crippen molar-refractivity contribution in [1.82, 2.24) is 10.6 Å². The van der Waals surface area contributed by atoms with Gasteiger partial charge in [0.25, 0.3) is 0 Å². The molecule has 5 nitrogen and oxygen atoms in total. The Balaban J connectivity index is 1.71. The predicted molar refractivity (Wildman–Crippen MR) is 85.4 cm³/mol. The van der Waals surface area contributed by atoms with E-state index in [0.717, 1.165) is 37.9 Å². The third-order valence-electron chi connectivity index (χ3n) is 5.07. The fraction of sp³-hybridized carbons (Fsp3) is 0.588. The molecule has 1 aromatic rings. The Labute approximate surface area is 131 Å². The van der Waals surface area contributed by atoms with Crippen molar-refractivity contribution in [2.24, 2.45) is 11.1 Å². The largest absolute Gasteiger partial charge is 0.384 e. The van der Waals surface area contributed by atoms with E-state index in [9.17, 15) is 4.79 Å². The zero-order valence-corrected chi connectivity index (χ0v) is 13.1. The topological polar surface area (TPSA) is 76.4 Å². The molecule has 2 atom stereocenters. The summed E-state index contributed by atoms with van der Waals surface area (Å²) in [4.78, 5) is 12.9. The molecule has 1 fully saturated rings. The van der Waals surface area contributed by atoms with Gasteiger partial charge in [0.1, 0.15) is 0 Å². The highest BCUT2D eigenvalue weighted by molar-refractivity contribution is 5.83. The molecule has 3 rings (SSSR count). The molecule has 0 radical (unpaired) electrons. The summed E-state index contributed by atoms with van der Waals surface area (Å²) in [5.74, 6) is 0.0871. The van der Waals surface area contributed by atoms with Crippen LogP contribution in [0, 0.1) is 5.41 Å². The second kappa shape index (κ2) is 6.36. The van der Waals surface area contributed by atoms with E-state index < -0.39 is 5.41 Å². The highest BCUT2D eigenvalue weighted by atomic mass is 16.5. The van der Waals surface area contributed by atoms with Crippen LogP contribution >= 0.6 is 0 Å². The van der Waals surface area contributed by atoms with Crippen LogP contribution in [0.1, 0.15) is 30.0 Å². The normalized spacial score (nSPS) is 26.5. The minimum atomic E-state index is -0.422. The highest BCUT2D eigenvalue weighted by Gasteiger charge is 2.42. The molecule has 0 unspecified atom stereocenters. The van der Waals surface area contributed by atoms with Gasteiger partial charge in [-0.15, -0.1) is 0 Å². The van der Waals surface area contributed by atoms with Crippen molar-refractivity contribution >= 4 is 5.91 Å². The Kier molecular flexibility index (Phi) is 4.47. The average Bonchev–Trinajstić information content (AvgIpc) is 2.85. The van der Waals surface area contributed by atoms with Crippen LogP contribution in [-0.2, 0) is 16.0 Å². The first kappa shape index (κ1) is 15.5. The summed E-state index contributed by atoms with van der Waals surface area (Å²) in [5, 5.41) is 6.51. The molecule has 0 saturated carbocycles. The zero-order chi connectivity index (χ0) is 15.6. The molecular weight excluding hydrogens is 278 g/mol. The molecule has 1 aliphatic carbocycles. The lowest BCUT2D eigenvalue weighted by molar-refractivity contribution is -0.137. The molecule has 4 N–H and O–H groups in total. The summed E-state index contributed by atoms with van der Waals surface area (Å²) in [6.45, 7) is 2.18. The van der Waals surface area contributed by atoms with Crippen LogP contribution in [-0.4, -0.2) is 38.8 Å². The zero-order valence-electron chi connectivity index (χ0n) is 13.1. The molecule has 2 aliphatic rings. The maximum Gasteiger partial charge on any atom is 0.228 e. The van der Waals surface area contributed by atoms with Crippen LogP contribution in [0.15, 0.2) is 24.3 Å². The Morgan fingerprint density at radius 3 is 2.82 bits per heavy atom. The number of piperidine rings is 1. The first-order chi connectivity index (χ1) is 10.7. The molecule has 1 amide bonds. The van der Waals surface area contributed by atoms with Crippen LogP contribution in [0.3, 0.4) is 0 Å². The lowest BCUT2D eigenvalue weighted by Gasteiger charge is -2.36. The Morgan fingerprint density at radius 1 is 1.41 bits per heavy atom. The van der Waals surface area contributed by atoms with E-state index in [-0.39, 0.29) is 18.0 Å². The van der Waals surface area contributed by atoms with Crippen LogP contribution in [0.25, 0.3) is 0 Å². The van der Waals surface area contributed by atoms with Crippen molar-refractivity contribution in [3.8, 4) is 0 Å². The first-order valence-corrected chi connectivity index (χ1v) is 8.00. The standard InChI is InChI=1S/C17H25N3O2/c1-22-11-17(6-8-19-9-7-17)16(21)20-14-10-12-4-2-3-5-13(12)15(14)18/h2-5,14-15,19H,6-11,18H2,1H3,(H,20,21)/t14-,15-/m1/s1. The summed E-state index contributed by atoms with van der Waals surface area (Å²) in [5.41, 5.74) is 8.30. The van der Waals surface area contributed by atoms with Gasteiger partial charge in [0, 0.05) is 7.11 Å². The van der Waals surface area contributed by atoms with Gasteiger partial charge in [0.15, 0.2) is 0 Å². The van der Waals surface area contributed by atoms with Gasteiger partial charge in [-0.05, 0) is 43.5 Å². The molecule has 0 spiro atoms. The molecule has 1 aromatic carbocycles. The van der Waals surface area contributed by atoms with E-state index in [1.54, 1.807) is 7.11 Å². The minimum absolute atomic E-state index is 0.0199. The number of nitrogens with one attached hydrogen (secondary N) is 2. The number of rotatable bonds is 4. The molecule has 0 aromatic heterocycles.